The van der Waals surface area contributed by atoms with E-state index in [0.717, 1.165) is 27.8 Å². The van der Waals surface area contributed by atoms with Crippen LogP contribution in [-0.4, -0.2) is 48.7 Å². The summed E-state index contributed by atoms with van der Waals surface area (Å²) >= 11 is 0. The van der Waals surface area contributed by atoms with Crippen LogP contribution >= 0.6 is 0 Å². The molecular weight excluding hydrogens is 454 g/mol. The predicted molar refractivity (Wildman–Crippen MR) is 117 cm³/mol. The molecule has 0 radical (unpaired) electrons. The van der Waals surface area contributed by atoms with Crippen LogP contribution in [0.15, 0.2) is 29.2 Å². The number of hydrogen-bond acceptors (Lipinski definition) is 5. The van der Waals surface area contributed by atoms with Crippen LogP contribution in [-0.2, 0) is 19.6 Å². The van der Waals surface area contributed by atoms with Crippen LogP contribution in [0.3, 0.4) is 0 Å². The van der Waals surface area contributed by atoms with Gasteiger partial charge in [-0.2, -0.15) is 4.31 Å². The number of ether oxygens (including phenoxy) is 1. The summed E-state index contributed by atoms with van der Waals surface area (Å²) in [5.74, 6) is -3.76. The van der Waals surface area contributed by atoms with Gasteiger partial charge in [0.25, 0.3) is 0 Å². The topological polar surface area (TPSA) is 85.7 Å². The molecule has 1 fully saturated rings. The summed E-state index contributed by atoms with van der Waals surface area (Å²) in [5.41, 5.74) is 2.28. The molecule has 0 amide bonds. The molecule has 0 N–H and O–H groups in total. The Hall–Kier alpha value is -2.59. The summed E-state index contributed by atoms with van der Waals surface area (Å²) in [4.78, 5) is 24.7. The third-order valence-corrected chi connectivity index (χ3v) is 7.86. The highest BCUT2D eigenvalue weighted by Crippen LogP contribution is 2.26. The molecule has 7 nitrogen and oxygen atoms in total. The summed E-state index contributed by atoms with van der Waals surface area (Å²) < 4.78 is 60.4. The third-order valence-electron chi connectivity index (χ3n) is 5.96. The third kappa shape index (κ3) is 5.16. The van der Waals surface area contributed by atoms with Gasteiger partial charge in [0.1, 0.15) is 0 Å². The Morgan fingerprint density at radius 3 is 2.27 bits per heavy atom. The van der Waals surface area contributed by atoms with Crippen LogP contribution in [0.25, 0.3) is 0 Å². The second kappa shape index (κ2) is 9.72. The number of carbonyl (C=O) groups excluding carboxylic acids is 2. The zero-order chi connectivity index (χ0) is 24.5. The molecule has 0 saturated carbocycles. The highest BCUT2D eigenvalue weighted by atomic mass is 32.2. The van der Waals surface area contributed by atoms with E-state index in [1.54, 1.807) is 6.07 Å². The van der Waals surface area contributed by atoms with E-state index in [2.05, 4.69) is 0 Å². The van der Waals surface area contributed by atoms with Crippen molar-refractivity contribution in [3.8, 4) is 0 Å². The molecule has 2 aromatic rings. The number of esters is 1. The van der Waals surface area contributed by atoms with E-state index < -0.39 is 33.5 Å². The number of benzene rings is 1. The fourth-order valence-electron chi connectivity index (χ4n) is 4.30. The Balaban J connectivity index is 1.57. The van der Waals surface area contributed by atoms with Crippen molar-refractivity contribution in [1.29, 1.82) is 0 Å². The number of piperidine rings is 1. The van der Waals surface area contributed by atoms with Crippen LogP contribution < -0.4 is 0 Å². The fourth-order valence-corrected chi connectivity index (χ4v) is 5.79. The van der Waals surface area contributed by atoms with Gasteiger partial charge < -0.3 is 9.30 Å². The monoisotopic (exact) mass is 482 g/mol. The number of halogens is 2. The minimum absolute atomic E-state index is 0.0323. The van der Waals surface area contributed by atoms with Crippen molar-refractivity contribution in [1.82, 2.24) is 8.87 Å². The first-order chi connectivity index (χ1) is 15.4. The lowest BCUT2D eigenvalue weighted by molar-refractivity contribution is -0.148. The van der Waals surface area contributed by atoms with Gasteiger partial charge in [0.2, 0.25) is 15.8 Å². The lowest BCUT2D eigenvalue weighted by atomic mass is 9.98. The van der Waals surface area contributed by atoms with Gasteiger partial charge in [0.05, 0.1) is 10.8 Å². The molecule has 180 valence electrons. The van der Waals surface area contributed by atoms with Crippen LogP contribution in [0.4, 0.5) is 8.78 Å². The van der Waals surface area contributed by atoms with Crippen molar-refractivity contribution in [2.45, 2.75) is 51.5 Å². The van der Waals surface area contributed by atoms with E-state index in [1.807, 2.05) is 32.3 Å². The van der Waals surface area contributed by atoms with Gasteiger partial charge in [-0.3, -0.25) is 9.59 Å². The fraction of sp³-hybridized carbons (Fsp3) is 0.478. The highest BCUT2D eigenvalue weighted by molar-refractivity contribution is 7.89. The van der Waals surface area contributed by atoms with Crippen LogP contribution in [0.5, 0.6) is 0 Å². The van der Waals surface area contributed by atoms with E-state index in [0.29, 0.717) is 11.6 Å². The van der Waals surface area contributed by atoms with Gasteiger partial charge >= 0.3 is 5.97 Å². The summed E-state index contributed by atoms with van der Waals surface area (Å²) in [6.07, 6.45) is 0.412. The molecule has 1 saturated heterocycles. The van der Waals surface area contributed by atoms with E-state index in [-0.39, 0.29) is 49.3 Å². The van der Waals surface area contributed by atoms with E-state index >= 15 is 0 Å². The number of rotatable bonds is 7. The minimum Gasteiger partial charge on any atom is -0.457 e. The molecule has 0 atom stereocenters. The lowest BCUT2D eigenvalue weighted by Gasteiger charge is -2.30. The molecule has 0 unspecified atom stereocenters. The van der Waals surface area contributed by atoms with Crippen LogP contribution in [0, 0.1) is 31.4 Å². The highest BCUT2D eigenvalue weighted by Gasteiger charge is 2.33. The Bertz CT molecular complexity index is 1170. The number of hydrogen-bond donors (Lipinski definition) is 0. The van der Waals surface area contributed by atoms with E-state index in [4.69, 9.17) is 4.74 Å². The molecule has 0 bridgehead atoms. The normalized spacial score (nSPS) is 15.7. The number of aryl methyl sites for hydroxylation is 1. The van der Waals surface area contributed by atoms with Crippen molar-refractivity contribution >= 4 is 21.8 Å². The average molecular weight is 483 g/mol. The maximum Gasteiger partial charge on any atom is 0.309 e. The van der Waals surface area contributed by atoms with E-state index in [1.165, 1.54) is 0 Å². The summed E-state index contributed by atoms with van der Waals surface area (Å²) in [6, 6.07) is 4.40. The van der Waals surface area contributed by atoms with Gasteiger partial charge in [0, 0.05) is 36.1 Å². The van der Waals surface area contributed by atoms with Crippen LogP contribution in [0.1, 0.15) is 54.5 Å². The zero-order valence-electron chi connectivity index (χ0n) is 19.1. The molecule has 3 rings (SSSR count). The number of aromatic nitrogens is 1. The molecule has 0 aliphatic carbocycles. The average Bonchev–Trinajstić information content (AvgIpc) is 3.07. The lowest BCUT2D eigenvalue weighted by Crippen LogP contribution is -2.40. The minimum atomic E-state index is -4.01. The molecule has 2 heterocycles. The molecule has 1 aliphatic rings. The Labute approximate surface area is 192 Å². The molecule has 1 aliphatic heterocycles. The molecule has 33 heavy (non-hydrogen) atoms. The summed E-state index contributed by atoms with van der Waals surface area (Å²) in [6.45, 7) is 7.49. The second-order valence-corrected chi connectivity index (χ2v) is 10.5. The first kappa shape index (κ1) is 25.0. The molecule has 10 heteroatoms. The quantitative estimate of drug-likeness (QED) is 0.443. The van der Waals surface area contributed by atoms with Crippen molar-refractivity contribution < 1.29 is 31.5 Å². The van der Waals surface area contributed by atoms with Gasteiger partial charge in [-0.1, -0.05) is 0 Å². The van der Waals surface area contributed by atoms with Gasteiger partial charge in [-0.15, -0.1) is 0 Å². The van der Waals surface area contributed by atoms with Crippen molar-refractivity contribution in [3.63, 3.8) is 0 Å². The van der Waals surface area contributed by atoms with Crippen molar-refractivity contribution in [3.05, 3.63) is 52.9 Å². The standard InChI is InChI=1S/C23H28F2N2O5S/c1-14(2)27-15(3)11-19(16(27)4)22(28)13-32-23(29)17-7-9-26(10-8-17)33(30,31)18-5-6-20(24)21(25)12-18/h5-6,11-12,14,17H,7-10,13H2,1-4H3. The number of Topliss-reactive ketones (excluding diaryl/α,β-unsaturated/α-hetero) is 1. The first-order valence-corrected chi connectivity index (χ1v) is 12.2. The Morgan fingerprint density at radius 2 is 1.73 bits per heavy atom. The van der Waals surface area contributed by atoms with Gasteiger partial charge in [0.15, 0.2) is 18.2 Å². The van der Waals surface area contributed by atoms with E-state index in [9.17, 15) is 26.8 Å². The summed E-state index contributed by atoms with van der Waals surface area (Å²) in [5, 5.41) is 0. The molecule has 0 spiro atoms. The van der Waals surface area contributed by atoms with Crippen molar-refractivity contribution in [2.75, 3.05) is 19.7 Å². The smallest absolute Gasteiger partial charge is 0.309 e. The number of ketones is 1. The summed E-state index contributed by atoms with van der Waals surface area (Å²) in [7, 11) is -4.01. The van der Waals surface area contributed by atoms with Gasteiger partial charge in [-0.05, 0) is 64.8 Å². The molecule has 1 aromatic carbocycles. The maximum atomic E-state index is 13.5. The SMILES string of the molecule is Cc1cc(C(=O)COC(=O)C2CCN(S(=O)(=O)c3ccc(F)c(F)c3)CC2)c(C)n1C(C)C. The van der Waals surface area contributed by atoms with Crippen molar-refractivity contribution in [2.24, 2.45) is 5.92 Å². The Morgan fingerprint density at radius 1 is 1.09 bits per heavy atom. The number of sulfonamides is 1. The predicted octanol–water partition coefficient (Wildman–Crippen LogP) is 3.79. The number of nitrogens with zero attached hydrogens (tertiary/aromatic N) is 2. The molecular formula is C23H28F2N2O5S. The maximum absolute atomic E-state index is 13.5. The van der Waals surface area contributed by atoms with Gasteiger partial charge in [-0.25, -0.2) is 17.2 Å². The number of carbonyl (C=O) groups is 2. The van der Waals surface area contributed by atoms with Crippen LogP contribution in [0.2, 0.25) is 0 Å². The first-order valence-electron chi connectivity index (χ1n) is 10.8. The zero-order valence-corrected chi connectivity index (χ0v) is 19.9. The largest absolute Gasteiger partial charge is 0.457 e. The second-order valence-electron chi connectivity index (χ2n) is 8.53. The Kier molecular flexibility index (Phi) is 7.38. The molecule has 1 aromatic heterocycles.